The van der Waals surface area contributed by atoms with Gasteiger partial charge in [0, 0.05) is 18.3 Å². The van der Waals surface area contributed by atoms with Crippen molar-refractivity contribution in [2.75, 3.05) is 18.5 Å². The van der Waals surface area contributed by atoms with Gasteiger partial charge in [0.15, 0.2) is 18.2 Å². The second kappa shape index (κ2) is 7.91. The summed E-state index contributed by atoms with van der Waals surface area (Å²) in [6, 6.07) is 2.28. The van der Waals surface area contributed by atoms with Crippen molar-refractivity contribution in [2.45, 2.75) is 37.6 Å². The number of carbonyl (C=O) groups is 4. The Morgan fingerprint density at radius 1 is 1.18 bits per heavy atom. The molecule has 1 saturated carbocycles. The molecule has 1 spiro atoms. The number of carbonyl (C=O) groups excluding carboxylic acids is 4. The highest BCUT2D eigenvalue weighted by molar-refractivity contribution is 6.07. The average molecular weight is 395 g/mol. The van der Waals surface area contributed by atoms with Crippen LogP contribution in [0.2, 0.25) is 0 Å². The number of anilines is 1. The number of urea groups is 1. The zero-order chi connectivity index (χ0) is 20.3. The van der Waals surface area contributed by atoms with Crippen molar-refractivity contribution in [1.82, 2.24) is 10.2 Å². The van der Waals surface area contributed by atoms with Gasteiger partial charge in [-0.15, -0.1) is 0 Å². The summed E-state index contributed by atoms with van der Waals surface area (Å²) in [5.41, 5.74) is -0.827. The van der Waals surface area contributed by atoms with Gasteiger partial charge in [0.25, 0.3) is 11.8 Å². The molecule has 1 aliphatic heterocycles. The van der Waals surface area contributed by atoms with Crippen LogP contribution >= 0.6 is 0 Å². The van der Waals surface area contributed by atoms with E-state index in [9.17, 15) is 28.0 Å². The third-order valence-corrected chi connectivity index (χ3v) is 4.81. The number of ether oxygens (including phenoxy) is 1. The van der Waals surface area contributed by atoms with Crippen molar-refractivity contribution >= 4 is 29.5 Å². The van der Waals surface area contributed by atoms with Crippen LogP contribution in [0, 0.1) is 11.6 Å². The van der Waals surface area contributed by atoms with Gasteiger partial charge >= 0.3 is 12.0 Å². The zero-order valence-corrected chi connectivity index (χ0v) is 14.9. The first kappa shape index (κ1) is 19.7. The Kier molecular flexibility index (Phi) is 5.57. The van der Waals surface area contributed by atoms with Crippen LogP contribution in [0.4, 0.5) is 19.3 Å². The highest BCUT2D eigenvalue weighted by atomic mass is 19.2. The van der Waals surface area contributed by atoms with Gasteiger partial charge in [-0.3, -0.25) is 19.3 Å². The molecule has 28 heavy (non-hydrogen) atoms. The predicted octanol–water partition coefficient (Wildman–Crippen LogP) is 1.70. The molecule has 2 N–H and O–H groups in total. The van der Waals surface area contributed by atoms with Crippen molar-refractivity contribution in [3.8, 4) is 0 Å². The molecule has 2 aliphatic rings. The molecule has 0 bridgehead atoms. The molecule has 1 aliphatic carbocycles. The third-order valence-electron chi connectivity index (χ3n) is 4.81. The molecule has 0 atom stereocenters. The first-order chi connectivity index (χ1) is 13.3. The van der Waals surface area contributed by atoms with E-state index in [-0.39, 0.29) is 24.6 Å². The summed E-state index contributed by atoms with van der Waals surface area (Å²) in [6.07, 6.45) is 2.63. The van der Waals surface area contributed by atoms with Crippen molar-refractivity contribution in [3.05, 3.63) is 29.8 Å². The van der Waals surface area contributed by atoms with E-state index in [1.165, 1.54) is 0 Å². The summed E-state index contributed by atoms with van der Waals surface area (Å²) < 4.78 is 30.7. The lowest BCUT2D eigenvalue weighted by atomic mass is 9.98. The van der Waals surface area contributed by atoms with Crippen LogP contribution in [0.15, 0.2) is 18.2 Å². The Hall–Kier alpha value is -3.04. The van der Waals surface area contributed by atoms with E-state index in [0.717, 1.165) is 35.9 Å². The Morgan fingerprint density at radius 2 is 1.89 bits per heavy atom. The summed E-state index contributed by atoms with van der Waals surface area (Å²) in [4.78, 5) is 49.0. The van der Waals surface area contributed by atoms with E-state index in [4.69, 9.17) is 4.74 Å². The van der Waals surface area contributed by atoms with Gasteiger partial charge in [-0.1, -0.05) is 12.8 Å². The number of nitrogens with one attached hydrogen (secondary N) is 2. The lowest BCUT2D eigenvalue weighted by Gasteiger charge is -2.19. The molecule has 1 aromatic rings. The molecule has 0 unspecified atom stereocenters. The number of amides is 4. The fourth-order valence-corrected chi connectivity index (χ4v) is 3.39. The summed E-state index contributed by atoms with van der Waals surface area (Å²) >= 11 is 0. The first-order valence-corrected chi connectivity index (χ1v) is 8.85. The third kappa shape index (κ3) is 4.10. The number of hydrogen-bond acceptors (Lipinski definition) is 5. The van der Waals surface area contributed by atoms with Crippen LogP contribution in [0.1, 0.15) is 32.1 Å². The molecular formula is C18H19F2N3O5. The zero-order valence-electron chi connectivity index (χ0n) is 14.9. The Balaban J connectivity index is 1.43. The smallest absolute Gasteiger partial charge is 0.325 e. The average Bonchev–Trinajstić information content (AvgIpc) is 3.21. The van der Waals surface area contributed by atoms with Crippen LogP contribution in [0.25, 0.3) is 0 Å². The molecule has 10 heteroatoms. The van der Waals surface area contributed by atoms with Crippen LogP contribution in [0.3, 0.4) is 0 Å². The number of imide groups is 1. The van der Waals surface area contributed by atoms with Crippen LogP contribution in [0.5, 0.6) is 0 Å². The standard InChI is InChI=1S/C18H19F2N3O5/c19-12-4-3-11(9-13(12)20)21-14(24)10-28-15(25)5-8-23-16(26)18(22-17(23)27)6-1-2-7-18/h3-4,9H,1-2,5-8,10H2,(H,21,24)(H,22,27). The maximum Gasteiger partial charge on any atom is 0.325 e. The van der Waals surface area contributed by atoms with E-state index in [0.29, 0.717) is 12.8 Å². The van der Waals surface area contributed by atoms with Gasteiger partial charge in [-0.05, 0) is 25.0 Å². The van der Waals surface area contributed by atoms with Crippen LogP contribution in [-0.2, 0) is 19.1 Å². The van der Waals surface area contributed by atoms with Crippen molar-refractivity contribution in [3.63, 3.8) is 0 Å². The number of benzene rings is 1. The van der Waals surface area contributed by atoms with Gasteiger partial charge in [-0.2, -0.15) is 0 Å². The molecule has 0 aromatic heterocycles. The van der Waals surface area contributed by atoms with Crippen LogP contribution in [-0.4, -0.2) is 47.4 Å². The van der Waals surface area contributed by atoms with Gasteiger partial charge in [-0.25, -0.2) is 13.6 Å². The molecule has 1 aromatic carbocycles. The molecule has 3 rings (SSSR count). The van der Waals surface area contributed by atoms with Crippen molar-refractivity contribution in [2.24, 2.45) is 0 Å². The number of esters is 1. The molecule has 0 radical (unpaired) electrons. The summed E-state index contributed by atoms with van der Waals surface area (Å²) in [5.74, 6) is -4.01. The maximum atomic E-state index is 13.1. The highest BCUT2D eigenvalue weighted by Crippen LogP contribution is 2.35. The maximum absolute atomic E-state index is 13.1. The van der Waals surface area contributed by atoms with Crippen molar-refractivity contribution in [1.29, 1.82) is 0 Å². The second-order valence-electron chi connectivity index (χ2n) is 6.76. The molecule has 1 heterocycles. The minimum atomic E-state index is -1.12. The highest BCUT2D eigenvalue weighted by Gasteiger charge is 2.52. The van der Waals surface area contributed by atoms with E-state index in [2.05, 4.69) is 10.6 Å². The fraction of sp³-hybridized carbons (Fsp3) is 0.444. The number of hydrogen-bond donors (Lipinski definition) is 2. The SMILES string of the molecule is O=C(COC(=O)CCN1C(=O)NC2(CCCC2)C1=O)Nc1ccc(F)c(F)c1. The minimum Gasteiger partial charge on any atom is -0.456 e. The molecule has 150 valence electrons. The van der Waals surface area contributed by atoms with E-state index in [1.807, 2.05) is 0 Å². The summed E-state index contributed by atoms with van der Waals surface area (Å²) in [7, 11) is 0. The van der Waals surface area contributed by atoms with E-state index < -0.39 is 41.7 Å². The lowest BCUT2D eigenvalue weighted by molar-refractivity contribution is -0.147. The first-order valence-electron chi connectivity index (χ1n) is 8.85. The van der Waals surface area contributed by atoms with Crippen LogP contribution < -0.4 is 10.6 Å². The Morgan fingerprint density at radius 3 is 2.57 bits per heavy atom. The minimum absolute atomic E-state index is 0.0149. The van der Waals surface area contributed by atoms with Crippen molar-refractivity contribution < 1.29 is 32.7 Å². The molecule has 1 saturated heterocycles. The number of nitrogens with zero attached hydrogens (tertiary/aromatic N) is 1. The number of halogens is 2. The topological polar surface area (TPSA) is 105 Å². The van der Waals surface area contributed by atoms with Gasteiger partial charge in [0.1, 0.15) is 5.54 Å². The van der Waals surface area contributed by atoms with E-state index in [1.54, 1.807) is 0 Å². The second-order valence-corrected chi connectivity index (χ2v) is 6.76. The Bertz CT molecular complexity index is 823. The normalized spacial score (nSPS) is 17.7. The quantitative estimate of drug-likeness (QED) is 0.564. The summed E-state index contributed by atoms with van der Waals surface area (Å²) in [5, 5.41) is 4.96. The largest absolute Gasteiger partial charge is 0.456 e. The summed E-state index contributed by atoms with van der Waals surface area (Å²) in [6.45, 7) is -0.780. The molecule has 2 fully saturated rings. The van der Waals surface area contributed by atoms with E-state index >= 15 is 0 Å². The fourth-order valence-electron chi connectivity index (χ4n) is 3.39. The molecule has 4 amide bonds. The monoisotopic (exact) mass is 395 g/mol. The van der Waals surface area contributed by atoms with Gasteiger partial charge < -0.3 is 15.4 Å². The number of rotatable bonds is 6. The van der Waals surface area contributed by atoms with Gasteiger partial charge in [0.05, 0.1) is 6.42 Å². The molecule has 8 nitrogen and oxygen atoms in total. The lowest BCUT2D eigenvalue weighted by Crippen LogP contribution is -2.44. The molecular weight excluding hydrogens is 376 g/mol. The predicted molar refractivity (Wildman–Crippen MR) is 92.0 cm³/mol. The van der Waals surface area contributed by atoms with Gasteiger partial charge in [0.2, 0.25) is 0 Å². The Labute approximate surface area is 159 Å².